The van der Waals surface area contributed by atoms with Gasteiger partial charge in [0, 0.05) is 28.3 Å². The van der Waals surface area contributed by atoms with E-state index < -0.39 is 0 Å². The van der Waals surface area contributed by atoms with Crippen LogP contribution >= 0.6 is 0 Å². The van der Waals surface area contributed by atoms with Crippen molar-refractivity contribution >= 4 is 45.2 Å². The Labute approximate surface area is 293 Å². The smallest absolute Gasteiger partial charge is 0.0467 e. The molecule has 2 N–H and O–H groups in total. The number of nitrogens with two attached hydrogens (primary N) is 1. The zero-order valence-corrected chi connectivity index (χ0v) is 27.5. The Morgan fingerprint density at radius 2 is 0.880 bits per heavy atom. The number of anilines is 4. The van der Waals surface area contributed by atoms with Gasteiger partial charge in [-0.05, 0) is 115 Å². The van der Waals surface area contributed by atoms with Crippen molar-refractivity contribution in [1.29, 1.82) is 0 Å². The zero-order chi connectivity index (χ0) is 33.4. The second-order valence-corrected chi connectivity index (χ2v) is 12.8. The molecular weight excluding hydrogens is 605 g/mol. The normalized spacial score (nSPS) is 11.8. The maximum Gasteiger partial charge on any atom is 0.0467 e. The van der Waals surface area contributed by atoms with Crippen LogP contribution in [0.2, 0.25) is 0 Å². The fourth-order valence-electron chi connectivity index (χ4n) is 7.28. The lowest BCUT2D eigenvalue weighted by atomic mass is 9.93. The fourth-order valence-corrected chi connectivity index (χ4v) is 7.28. The first kappa shape index (κ1) is 29.5. The molecule has 0 atom stereocenters. The van der Waals surface area contributed by atoms with Gasteiger partial charge in [0.25, 0.3) is 0 Å². The standard InChI is InChI=1S/C48H34N2/c49-47-29-24-39(31-46(47)45-32-40-17-7-14-37-15-9-19-44(45)48(37)40)38-16-8-18-43(30-38)50(41-25-20-35(21-26-41)33-10-3-1-4-11-33)42-27-22-36(23-28-42)34-12-5-2-6-13-34/h1-32H,49H2. The molecule has 0 fully saturated rings. The van der Waals surface area contributed by atoms with Crippen LogP contribution in [0.4, 0.5) is 22.7 Å². The van der Waals surface area contributed by atoms with E-state index in [1.54, 1.807) is 0 Å². The molecular formula is C48H34N2. The fraction of sp³-hybridized carbons (Fsp3) is 0. The van der Waals surface area contributed by atoms with Crippen LogP contribution in [0.25, 0.3) is 55.8 Å². The van der Waals surface area contributed by atoms with Gasteiger partial charge in [0.15, 0.2) is 0 Å². The van der Waals surface area contributed by atoms with Gasteiger partial charge in [-0.2, -0.15) is 0 Å². The van der Waals surface area contributed by atoms with E-state index in [9.17, 15) is 0 Å². The lowest BCUT2D eigenvalue weighted by Gasteiger charge is -2.26. The van der Waals surface area contributed by atoms with E-state index in [-0.39, 0.29) is 0 Å². The molecule has 236 valence electrons. The third kappa shape index (κ3) is 5.34. The van der Waals surface area contributed by atoms with Crippen LogP contribution in [0.3, 0.4) is 0 Å². The predicted molar refractivity (Wildman–Crippen MR) is 213 cm³/mol. The van der Waals surface area contributed by atoms with E-state index in [2.05, 4.69) is 193 Å². The summed E-state index contributed by atoms with van der Waals surface area (Å²) in [7, 11) is 0. The molecule has 1 aliphatic rings. The van der Waals surface area contributed by atoms with Crippen molar-refractivity contribution in [3.8, 4) is 33.4 Å². The van der Waals surface area contributed by atoms with Crippen LogP contribution < -0.4 is 10.6 Å². The third-order valence-electron chi connectivity index (χ3n) is 9.77. The minimum atomic E-state index is 0.777. The SMILES string of the molecule is Nc1ccc(-c2cccc(N(c3ccc(-c4ccccc4)cc3)c3ccc(-c4ccccc4)cc3)c2)cc1C1=Cc2cccc3cccc1c23. The molecule has 2 nitrogen and oxygen atoms in total. The van der Waals surface area contributed by atoms with Crippen molar-refractivity contribution in [1.82, 2.24) is 0 Å². The molecule has 0 aliphatic heterocycles. The molecule has 8 aromatic carbocycles. The molecule has 0 amide bonds. The molecule has 0 unspecified atom stereocenters. The molecule has 1 aliphatic carbocycles. The summed E-state index contributed by atoms with van der Waals surface area (Å²) in [5.41, 5.74) is 22.5. The Hall–Kier alpha value is -6.64. The molecule has 0 radical (unpaired) electrons. The van der Waals surface area contributed by atoms with E-state index in [1.165, 1.54) is 49.7 Å². The van der Waals surface area contributed by atoms with Crippen LogP contribution in [-0.4, -0.2) is 0 Å². The molecule has 0 saturated carbocycles. The third-order valence-corrected chi connectivity index (χ3v) is 9.77. The molecule has 9 rings (SSSR count). The molecule has 8 aromatic rings. The molecule has 2 heteroatoms. The highest BCUT2D eigenvalue weighted by Gasteiger charge is 2.20. The van der Waals surface area contributed by atoms with Gasteiger partial charge in [0.1, 0.15) is 0 Å². The van der Waals surface area contributed by atoms with Crippen LogP contribution in [-0.2, 0) is 0 Å². The van der Waals surface area contributed by atoms with Crippen molar-refractivity contribution in [3.63, 3.8) is 0 Å². The lowest BCUT2D eigenvalue weighted by molar-refractivity contribution is 1.28. The van der Waals surface area contributed by atoms with Crippen molar-refractivity contribution < 1.29 is 0 Å². The van der Waals surface area contributed by atoms with E-state index in [0.29, 0.717) is 0 Å². The van der Waals surface area contributed by atoms with Crippen LogP contribution in [0.1, 0.15) is 16.7 Å². The Kier molecular flexibility index (Phi) is 7.33. The van der Waals surface area contributed by atoms with E-state index in [4.69, 9.17) is 5.73 Å². The summed E-state index contributed by atoms with van der Waals surface area (Å²) < 4.78 is 0. The van der Waals surface area contributed by atoms with Crippen LogP contribution in [0.15, 0.2) is 188 Å². The number of rotatable bonds is 7. The maximum absolute atomic E-state index is 6.70. The predicted octanol–water partition coefficient (Wildman–Crippen LogP) is 12.8. The van der Waals surface area contributed by atoms with Crippen LogP contribution in [0.5, 0.6) is 0 Å². The lowest BCUT2D eigenvalue weighted by Crippen LogP contribution is -2.10. The minimum absolute atomic E-state index is 0.777. The van der Waals surface area contributed by atoms with Crippen molar-refractivity contribution in [2.45, 2.75) is 0 Å². The van der Waals surface area contributed by atoms with Gasteiger partial charge in [-0.1, -0.05) is 140 Å². The highest BCUT2D eigenvalue weighted by molar-refractivity contribution is 6.14. The minimum Gasteiger partial charge on any atom is -0.398 e. The number of hydrogen-bond acceptors (Lipinski definition) is 2. The Morgan fingerprint density at radius 1 is 0.360 bits per heavy atom. The van der Waals surface area contributed by atoms with Gasteiger partial charge in [-0.15, -0.1) is 0 Å². The van der Waals surface area contributed by atoms with Crippen molar-refractivity contribution in [2.75, 3.05) is 10.6 Å². The molecule has 50 heavy (non-hydrogen) atoms. The maximum atomic E-state index is 6.70. The summed E-state index contributed by atoms with van der Waals surface area (Å²) in [6.45, 7) is 0. The van der Waals surface area contributed by atoms with Crippen molar-refractivity contribution in [2.24, 2.45) is 0 Å². The van der Waals surface area contributed by atoms with Gasteiger partial charge in [0.2, 0.25) is 0 Å². The monoisotopic (exact) mass is 638 g/mol. The second-order valence-electron chi connectivity index (χ2n) is 12.8. The van der Waals surface area contributed by atoms with Gasteiger partial charge in [0.05, 0.1) is 0 Å². The second kappa shape index (κ2) is 12.4. The average Bonchev–Trinajstić information content (AvgIpc) is 3.56. The first-order chi connectivity index (χ1) is 24.7. The Morgan fingerprint density at radius 3 is 1.52 bits per heavy atom. The quantitative estimate of drug-likeness (QED) is 0.176. The van der Waals surface area contributed by atoms with Gasteiger partial charge in [-0.3, -0.25) is 0 Å². The van der Waals surface area contributed by atoms with E-state index in [1.807, 2.05) is 6.07 Å². The molecule has 0 aromatic heterocycles. The number of benzene rings is 8. The summed E-state index contributed by atoms with van der Waals surface area (Å²) >= 11 is 0. The summed E-state index contributed by atoms with van der Waals surface area (Å²) in [6.07, 6.45) is 2.28. The first-order valence-corrected chi connectivity index (χ1v) is 17.0. The number of hydrogen-bond donors (Lipinski definition) is 1. The van der Waals surface area contributed by atoms with Gasteiger partial charge >= 0.3 is 0 Å². The number of nitrogens with zero attached hydrogens (tertiary/aromatic N) is 1. The Balaban J connectivity index is 1.12. The summed E-state index contributed by atoms with van der Waals surface area (Å²) in [5.74, 6) is 0. The molecule has 0 bridgehead atoms. The highest BCUT2D eigenvalue weighted by Crippen LogP contribution is 2.43. The zero-order valence-electron chi connectivity index (χ0n) is 27.5. The first-order valence-electron chi connectivity index (χ1n) is 17.0. The summed E-state index contributed by atoms with van der Waals surface area (Å²) in [6, 6.07) is 67.0. The largest absolute Gasteiger partial charge is 0.398 e. The molecule has 0 heterocycles. The topological polar surface area (TPSA) is 29.3 Å². The Bertz CT molecular complexity index is 2420. The average molecular weight is 639 g/mol. The number of nitrogen functional groups attached to an aromatic ring is 1. The van der Waals surface area contributed by atoms with Gasteiger partial charge in [-0.25, -0.2) is 0 Å². The molecule has 0 saturated heterocycles. The van der Waals surface area contributed by atoms with E-state index >= 15 is 0 Å². The summed E-state index contributed by atoms with van der Waals surface area (Å²) in [5, 5.41) is 2.55. The highest BCUT2D eigenvalue weighted by atomic mass is 15.1. The van der Waals surface area contributed by atoms with Gasteiger partial charge < -0.3 is 10.6 Å². The van der Waals surface area contributed by atoms with Crippen LogP contribution in [0, 0.1) is 0 Å². The van der Waals surface area contributed by atoms with Crippen molar-refractivity contribution in [3.05, 3.63) is 205 Å². The van der Waals surface area contributed by atoms with E-state index in [0.717, 1.165) is 39.4 Å². The summed E-state index contributed by atoms with van der Waals surface area (Å²) in [4.78, 5) is 2.34. The molecule has 0 spiro atoms.